The summed E-state index contributed by atoms with van der Waals surface area (Å²) in [6, 6.07) is 81.3. The molecule has 0 N–H and O–H groups in total. The first-order chi connectivity index (χ1) is 30.2. The van der Waals surface area contributed by atoms with Gasteiger partial charge in [-0.1, -0.05) is 146 Å². The Morgan fingerprint density at radius 3 is 1.54 bits per heavy atom. The number of hydrogen-bond donors (Lipinski definition) is 0. The minimum absolute atomic E-state index is 0.903. The summed E-state index contributed by atoms with van der Waals surface area (Å²) in [5.74, 6) is 0. The van der Waals surface area contributed by atoms with Crippen LogP contribution in [0.2, 0.25) is 0 Å². The number of para-hydroxylation sites is 1. The molecule has 0 unspecified atom stereocenters. The van der Waals surface area contributed by atoms with Gasteiger partial charge in [-0.2, -0.15) is 0 Å². The molecule has 2 aromatic heterocycles. The predicted octanol–water partition coefficient (Wildman–Crippen LogP) is 17.2. The van der Waals surface area contributed by atoms with E-state index in [9.17, 15) is 0 Å². The highest BCUT2D eigenvalue weighted by Gasteiger charge is 2.19. The molecule has 0 spiro atoms. The molecule has 0 atom stereocenters. The van der Waals surface area contributed by atoms with E-state index in [4.69, 9.17) is 4.42 Å². The molecule has 2 heterocycles. The van der Waals surface area contributed by atoms with Crippen molar-refractivity contribution in [2.45, 2.75) is 0 Å². The van der Waals surface area contributed by atoms with Crippen LogP contribution in [0.25, 0.3) is 97.4 Å². The van der Waals surface area contributed by atoms with Crippen molar-refractivity contribution in [3.05, 3.63) is 224 Å². The Hall–Kier alpha value is -7.72. The van der Waals surface area contributed by atoms with Crippen LogP contribution in [-0.2, 0) is 0 Å². The van der Waals surface area contributed by atoms with Gasteiger partial charge >= 0.3 is 0 Å². The van der Waals surface area contributed by atoms with Crippen LogP contribution in [0.5, 0.6) is 0 Å². The minimum Gasteiger partial charge on any atom is -0.456 e. The lowest BCUT2D eigenvalue weighted by Gasteiger charge is -2.27. The molecule has 0 aliphatic rings. The van der Waals surface area contributed by atoms with Crippen LogP contribution in [0, 0.1) is 0 Å². The number of nitrogens with zero attached hydrogens (tertiary/aromatic N) is 1. The Morgan fingerprint density at radius 2 is 0.820 bits per heavy atom. The zero-order valence-corrected chi connectivity index (χ0v) is 33.9. The molecule has 10 aromatic carbocycles. The Morgan fingerprint density at radius 1 is 0.311 bits per heavy atom. The van der Waals surface area contributed by atoms with Gasteiger partial charge in [0.1, 0.15) is 11.2 Å². The molecule has 0 fully saturated rings. The number of furan rings is 1. The first kappa shape index (κ1) is 35.2. The quantitative estimate of drug-likeness (QED) is 0.160. The van der Waals surface area contributed by atoms with E-state index in [0.29, 0.717) is 0 Å². The SMILES string of the molecule is c1cc(-c2ccc(N(c3ccc(-c4ccc5c(c4)oc4ccccc45)cc3)c3cccc4sc5ccccc5c34)cc2)cc(-c2cccc(-c3ccc4ccccc4c3)c2)c1. The van der Waals surface area contributed by atoms with Gasteiger partial charge in [-0.3, -0.25) is 0 Å². The van der Waals surface area contributed by atoms with Gasteiger partial charge in [0.25, 0.3) is 0 Å². The summed E-state index contributed by atoms with van der Waals surface area (Å²) in [6.07, 6.45) is 0. The van der Waals surface area contributed by atoms with E-state index in [2.05, 4.69) is 217 Å². The third-order valence-corrected chi connectivity index (χ3v) is 13.2. The summed E-state index contributed by atoms with van der Waals surface area (Å²) in [5.41, 5.74) is 14.6. The molecule has 2 nitrogen and oxygen atoms in total. The van der Waals surface area contributed by atoms with Gasteiger partial charge in [0.2, 0.25) is 0 Å². The molecule has 12 rings (SSSR count). The van der Waals surface area contributed by atoms with Crippen LogP contribution in [0.1, 0.15) is 0 Å². The first-order valence-corrected chi connectivity index (χ1v) is 21.5. The summed E-state index contributed by atoms with van der Waals surface area (Å²) in [5, 5.41) is 7.34. The maximum Gasteiger partial charge on any atom is 0.136 e. The monoisotopic (exact) mass is 795 g/mol. The molecule has 3 heteroatoms. The smallest absolute Gasteiger partial charge is 0.136 e. The Kier molecular flexibility index (Phi) is 8.39. The maximum atomic E-state index is 6.26. The predicted molar refractivity (Wildman–Crippen MR) is 261 cm³/mol. The number of fused-ring (bicyclic) bond motifs is 7. The third-order valence-electron chi connectivity index (χ3n) is 12.1. The summed E-state index contributed by atoms with van der Waals surface area (Å²) < 4.78 is 8.82. The van der Waals surface area contributed by atoms with E-state index < -0.39 is 0 Å². The molecule has 12 aromatic rings. The van der Waals surface area contributed by atoms with Crippen LogP contribution < -0.4 is 4.90 Å². The normalized spacial score (nSPS) is 11.6. The molecule has 0 amide bonds. The molecular formula is C58H37NOS. The second-order valence-corrected chi connectivity index (χ2v) is 16.8. The van der Waals surface area contributed by atoms with Crippen LogP contribution in [0.4, 0.5) is 17.1 Å². The number of thiophene rings is 1. The molecular weight excluding hydrogens is 759 g/mol. The Bertz CT molecular complexity index is 3590. The molecule has 0 aliphatic carbocycles. The second-order valence-electron chi connectivity index (χ2n) is 15.7. The summed E-state index contributed by atoms with van der Waals surface area (Å²) in [7, 11) is 0. The molecule has 0 saturated heterocycles. The van der Waals surface area contributed by atoms with E-state index in [1.165, 1.54) is 64.3 Å². The Labute approximate surface area is 357 Å². The van der Waals surface area contributed by atoms with Crippen molar-refractivity contribution >= 4 is 81.3 Å². The maximum absolute atomic E-state index is 6.26. The molecule has 0 bridgehead atoms. The van der Waals surface area contributed by atoms with Crippen molar-refractivity contribution in [3.63, 3.8) is 0 Å². The van der Waals surface area contributed by atoms with E-state index in [0.717, 1.165) is 50.1 Å². The highest BCUT2D eigenvalue weighted by Crippen LogP contribution is 2.45. The van der Waals surface area contributed by atoms with Crippen LogP contribution in [-0.4, -0.2) is 0 Å². The molecule has 286 valence electrons. The fourth-order valence-electron chi connectivity index (χ4n) is 9.01. The van der Waals surface area contributed by atoms with Crippen molar-refractivity contribution in [2.75, 3.05) is 4.90 Å². The fraction of sp³-hybridized carbons (Fsp3) is 0. The molecule has 61 heavy (non-hydrogen) atoms. The topological polar surface area (TPSA) is 16.4 Å². The van der Waals surface area contributed by atoms with E-state index in [1.807, 2.05) is 23.5 Å². The van der Waals surface area contributed by atoms with Crippen LogP contribution in [0.3, 0.4) is 0 Å². The zero-order chi connectivity index (χ0) is 40.3. The van der Waals surface area contributed by atoms with Crippen molar-refractivity contribution in [3.8, 4) is 44.5 Å². The summed E-state index contributed by atoms with van der Waals surface area (Å²) in [6.45, 7) is 0. The van der Waals surface area contributed by atoms with Crippen molar-refractivity contribution in [1.29, 1.82) is 0 Å². The zero-order valence-electron chi connectivity index (χ0n) is 33.1. The lowest BCUT2D eigenvalue weighted by molar-refractivity contribution is 0.669. The molecule has 0 radical (unpaired) electrons. The summed E-state index contributed by atoms with van der Waals surface area (Å²) in [4.78, 5) is 2.41. The first-order valence-electron chi connectivity index (χ1n) is 20.7. The van der Waals surface area contributed by atoms with Gasteiger partial charge in [-0.25, -0.2) is 0 Å². The average Bonchev–Trinajstić information content (AvgIpc) is 3.91. The van der Waals surface area contributed by atoms with Gasteiger partial charge in [0, 0.05) is 42.3 Å². The highest BCUT2D eigenvalue weighted by atomic mass is 32.1. The highest BCUT2D eigenvalue weighted by molar-refractivity contribution is 7.26. The van der Waals surface area contributed by atoms with Gasteiger partial charge in [-0.15, -0.1) is 11.3 Å². The average molecular weight is 796 g/mol. The lowest BCUT2D eigenvalue weighted by atomic mass is 9.95. The number of hydrogen-bond acceptors (Lipinski definition) is 3. The van der Waals surface area contributed by atoms with Crippen molar-refractivity contribution in [1.82, 2.24) is 0 Å². The number of rotatable bonds is 7. The Balaban J connectivity index is 0.910. The largest absolute Gasteiger partial charge is 0.456 e. The van der Waals surface area contributed by atoms with Crippen molar-refractivity contribution in [2.24, 2.45) is 0 Å². The van der Waals surface area contributed by atoms with E-state index >= 15 is 0 Å². The molecule has 0 aliphatic heterocycles. The van der Waals surface area contributed by atoms with Crippen LogP contribution >= 0.6 is 11.3 Å². The summed E-state index contributed by atoms with van der Waals surface area (Å²) >= 11 is 1.85. The van der Waals surface area contributed by atoms with Crippen molar-refractivity contribution < 1.29 is 4.42 Å². The second kappa shape index (κ2) is 14.5. The standard InChI is InChI=1S/C58H37NOS/c1-2-11-41-35-46(23-22-38(41)10-1)45-15-8-14-44(36-45)43-13-7-12-42(34-43)39-24-29-48(30-25-39)59(53-18-9-21-57-58(53)52-17-4-6-20-56(52)61-57)49-31-26-40(27-32-49)47-28-33-51-50-16-3-5-19-54(50)60-55(51)37-47/h1-37H. The van der Waals surface area contributed by atoms with Gasteiger partial charge in [-0.05, 0) is 134 Å². The van der Waals surface area contributed by atoms with Gasteiger partial charge in [0.15, 0.2) is 0 Å². The number of benzene rings is 10. The van der Waals surface area contributed by atoms with E-state index in [-0.39, 0.29) is 0 Å². The number of anilines is 3. The van der Waals surface area contributed by atoms with Crippen LogP contribution in [0.15, 0.2) is 229 Å². The fourth-order valence-corrected chi connectivity index (χ4v) is 10.1. The van der Waals surface area contributed by atoms with E-state index in [1.54, 1.807) is 0 Å². The minimum atomic E-state index is 0.903. The lowest BCUT2D eigenvalue weighted by Crippen LogP contribution is -2.10. The van der Waals surface area contributed by atoms with Gasteiger partial charge < -0.3 is 9.32 Å². The van der Waals surface area contributed by atoms with Gasteiger partial charge in [0.05, 0.1) is 5.69 Å². The third kappa shape index (κ3) is 6.26. The molecule has 0 saturated carbocycles.